The summed E-state index contributed by atoms with van der Waals surface area (Å²) in [5.74, 6) is 2.37. The molecule has 74 valence electrons. The molecule has 0 aromatic carbocycles. The summed E-state index contributed by atoms with van der Waals surface area (Å²) < 4.78 is 2.58. The Bertz CT molecular complexity index is 232. The van der Waals surface area contributed by atoms with Crippen LogP contribution in [0.4, 0.5) is 0 Å². The van der Waals surface area contributed by atoms with Gasteiger partial charge in [0.15, 0.2) is 0 Å². The molecule has 1 aliphatic rings. The van der Waals surface area contributed by atoms with Gasteiger partial charge in [0.25, 0.3) is 0 Å². The molecule has 1 nitrogen and oxygen atoms in total. The third-order valence-corrected chi connectivity index (χ3v) is 4.82. The first-order chi connectivity index (χ1) is 5.95. The van der Waals surface area contributed by atoms with Crippen molar-refractivity contribution in [1.29, 1.82) is 0 Å². The van der Waals surface area contributed by atoms with Gasteiger partial charge in [-0.1, -0.05) is 6.58 Å². The van der Waals surface area contributed by atoms with Crippen molar-refractivity contribution >= 4 is 8.07 Å². The van der Waals surface area contributed by atoms with E-state index in [0.29, 0.717) is 12.1 Å². The lowest BCUT2D eigenvalue weighted by atomic mass is 10.3. The van der Waals surface area contributed by atoms with E-state index in [0.717, 1.165) is 0 Å². The minimum atomic E-state index is -0.0702. The maximum Gasteiger partial charge on any atom is 0.0221 e. The maximum atomic E-state index is 3.99. The second kappa shape index (κ2) is 3.94. The topological polar surface area (TPSA) is 3.24 Å². The summed E-state index contributed by atoms with van der Waals surface area (Å²) in [7, 11) is -0.0702. The average molecular weight is 197 g/mol. The first kappa shape index (κ1) is 10.9. The average Bonchev–Trinajstić information content (AvgIpc) is 2.65. The fourth-order valence-electron chi connectivity index (χ4n) is 1.68. The number of hydrogen-bond acceptors (Lipinski definition) is 1. The lowest BCUT2D eigenvalue weighted by molar-refractivity contribution is 0.328. The Labute approximate surface area is 83.3 Å². The Balaban J connectivity index is 2.57. The van der Waals surface area contributed by atoms with Crippen LogP contribution in [0, 0.1) is 0 Å². The molecule has 0 amide bonds. The largest absolute Gasteiger partial charge is 0.270 e. The van der Waals surface area contributed by atoms with Gasteiger partial charge in [0.2, 0.25) is 0 Å². The van der Waals surface area contributed by atoms with E-state index in [2.05, 4.69) is 51.7 Å². The molecule has 0 bridgehead atoms. The molecule has 1 unspecified atom stereocenters. The van der Waals surface area contributed by atoms with Crippen LogP contribution in [-0.4, -0.2) is 16.8 Å². The Morgan fingerprint density at radius 3 is 2.00 bits per heavy atom. The van der Waals surface area contributed by atoms with Gasteiger partial charge in [0, 0.05) is 20.2 Å². The van der Waals surface area contributed by atoms with Crippen molar-refractivity contribution in [2.24, 2.45) is 0 Å². The van der Waals surface area contributed by atoms with E-state index in [1.54, 1.807) is 0 Å². The molecule has 0 aromatic heterocycles. The van der Waals surface area contributed by atoms with E-state index in [1.807, 2.05) is 0 Å². The smallest absolute Gasteiger partial charge is 0.0221 e. The molecule has 1 heterocycles. The molecule has 1 rings (SSSR count). The summed E-state index contributed by atoms with van der Waals surface area (Å²) >= 11 is 0. The number of rotatable bonds is 4. The molecule has 0 aromatic rings. The molecule has 13 heavy (non-hydrogen) atoms. The summed E-state index contributed by atoms with van der Waals surface area (Å²) in [5, 5.41) is 1.50. The highest BCUT2D eigenvalue weighted by Crippen LogP contribution is 2.67. The molecule has 0 spiro atoms. The quantitative estimate of drug-likeness (QED) is 0.617. The van der Waals surface area contributed by atoms with Crippen molar-refractivity contribution in [2.45, 2.75) is 46.7 Å². The number of allylic oxidation sites excluding steroid dienone is 2. The van der Waals surface area contributed by atoms with Crippen LogP contribution >= 0.6 is 8.07 Å². The van der Waals surface area contributed by atoms with Crippen molar-refractivity contribution in [2.75, 3.05) is 0 Å². The van der Waals surface area contributed by atoms with Crippen molar-refractivity contribution in [3.05, 3.63) is 23.3 Å². The van der Waals surface area contributed by atoms with Crippen LogP contribution in [0.1, 0.15) is 34.6 Å². The number of nitrogens with zero attached hydrogens (tertiary/aromatic N) is 1. The van der Waals surface area contributed by atoms with Gasteiger partial charge in [-0.3, -0.25) is 4.67 Å². The van der Waals surface area contributed by atoms with Gasteiger partial charge in [-0.05, 0) is 51.3 Å². The summed E-state index contributed by atoms with van der Waals surface area (Å²) in [4.78, 5) is 0. The zero-order chi connectivity index (χ0) is 10.2. The predicted octanol–water partition coefficient (Wildman–Crippen LogP) is 3.93. The van der Waals surface area contributed by atoms with E-state index < -0.39 is 0 Å². The molecule has 1 aliphatic heterocycles. The standard InChI is InChI=1S/C11H20NP/c1-8(2)11-7-13(11)12(9(3)4)10(5)6/h7,9-10H,1H2,2-6H3. The molecule has 0 fully saturated rings. The predicted molar refractivity (Wildman–Crippen MR) is 61.9 cm³/mol. The summed E-state index contributed by atoms with van der Waals surface area (Å²) in [6, 6.07) is 1.28. The zero-order valence-electron chi connectivity index (χ0n) is 9.33. The van der Waals surface area contributed by atoms with Crippen molar-refractivity contribution in [3.63, 3.8) is 0 Å². The first-order valence-electron chi connectivity index (χ1n) is 4.90. The van der Waals surface area contributed by atoms with Crippen LogP contribution in [0.3, 0.4) is 0 Å². The molecule has 2 heteroatoms. The third-order valence-electron chi connectivity index (χ3n) is 2.17. The van der Waals surface area contributed by atoms with Gasteiger partial charge >= 0.3 is 0 Å². The minimum Gasteiger partial charge on any atom is -0.270 e. The molecular formula is C11H20NP. The fraction of sp³-hybridized carbons (Fsp3) is 0.636. The summed E-state index contributed by atoms with van der Waals surface area (Å²) in [6.07, 6.45) is 0. The Kier molecular flexibility index (Phi) is 3.32. The molecule has 0 saturated carbocycles. The fourth-order valence-corrected chi connectivity index (χ4v) is 4.00. The molecule has 0 N–H and O–H groups in total. The van der Waals surface area contributed by atoms with Gasteiger partial charge in [0.1, 0.15) is 0 Å². The van der Waals surface area contributed by atoms with Crippen molar-refractivity contribution < 1.29 is 0 Å². The minimum absolute atomic E-state index is 0.0702. The van der Waals surface area contributed by atoms with Crippen molar-refractivity contribution in [3.8, 4) is 0 Å². The van der Waals surface area contributed by atoms with E-state index in [9.17, 15) is 0 Å². The summed E-state index contributed by atoms with van der Waals surface area (Å²) in [5.41, 5.74) is 1.25. The van der Waals surface area contributed by atoms with Crippen molar-refractivity contribution in [1.82, 2.24) is 4.67 Å². The summed E-state index contributed by atoms with van der Waals surface area (Å²) in [6.45, 7) is 15.2. The van der Waals surface area contributed by atoms with E-state index in [1.165, 1.54) is 10.9 Å². The lowest BCUT2D eigenvalue weighted by Crippen LogP contribution is -2.30. The molecule has 0 radical (unpaired) electrons. The van der Waals surface area contributed by atoms with Crippen LogP contribution in [0.2, 0.25) is 0 Å². The third kappa shape index (κ3) is 2.42. The van der Waals surface area contributed by atoms with Gasteiger partial charge in [-0.25, -0.2) is 0 Å². The Morgan fingerprint density at radius 1 is 1.31 bits per heavy atom. The van der Waals surface area contributed by atoms with E-state index in [4.69, 9.17) is 0 Å². The van der Waals surface area contributed by atoms with Crippen LogP contribution in [0.25, 0.3) is 0 Å². The Morgan fingerprint density at radius 2 is 1.77 bits per heavy atom. The Hall–Kier alpha value is -0.130. The molecule has 1 atom stereocenters. The first-order valence-corrected chi connectivity index (χ1v) is 6.26. The lowest BCUT2D eigenvalue weighted by Gasteiger charge is -2.31. The molecule has 0 saturated heterocycles. The van der Waals surface area contributed by atoms with Gasteiger partial charge < -0.3 is 0 Å². The normalized spacial score (nSPS) is 21.2. The van der Waals surface area contributed by atoms with Crippen LogP contribution < -0.4 is 0 Å². The highest BCUT2D eigenvalue weighted by Gasteiger charge is 2.34. The van der Waals surface area contributed by atoms with Crippen LogP contribution in [0.5, 0.6) is 0 Å². The monoisotopic (exact) mass is 197 g/mol. The van der Waals surface area contributed by atoms with E-state index in [-0.39, 0.29) is 8.07 Å². The maximum absolute atomic E-state index is 3.99. The van der Waals surface area contributed by atoms with Crippen LogP contribution in [0.15, 0.2) is 23.3 Å². The highest BCUT2D eigenvalue weighted by molar-refractivity contribution is 7.70. The zero-order valence-corrected chi connectivity index (χ0v) is 10.2. The van der Waals surface area contributed by atoms with Gasteiger partial charge in [-0.2, -0.15) is 0 Å². The molecule has 0 aliphatic carbocycles. The second-order valence-electron chi connectivity index (χ2n) is 4.21. The van der Waals surface area contributed by atoms with Gasteiger partial charge in [0.05, 0.1) is 0 Å². The SMILES string of the molecule is C=C(C)C1=CP1N(C(C)C)C(C)C. The molecular weight excluding hydrogens is 177 g/mol. The van der Waals surface area contributed by atoms with E-state index >= 15 is 0 Å². The highest BCUT2D eigenvalue weighted by atomic mass is 31.1. The van der Waals surface area contributed by atoms with Crippen LogP contribution in [-0.2, 0) is 0 Å². The number of hydrogen-bond donors (Lipinski definition) is 0. The second-order valence-corrected chi connectivity index (χ2v) is 6.10. The van der Waals surface area contributed by atoms with Gasteiger partial charge in [-0.15, -0.1) is 0 Å².